The number of hydrogen-bond acceptors (Lipinski definition) is 5. The van der Waals surface area contributed by atoms with Crippen LogP contribution in [0.5, 0.6) is 5.88 Å². The van der Waals surface area contributed by atoms with Crippen molar-refractivity contribution in [1.29, 1.82) is 0 Å². The zero-order valence-corrected chi connectivity index (χ0v) is 15.2. The lowest BCUT2D eigenvalue weighted by Crippen LogP contribution is -2.11. The van der Waals surface area contributed by atoms with E-state index in [2.05, 4.69) is 25.7 Å². The molecule has 0 aliphatic carbocycles. The molecule has 26 heavy (non-hydrogen) atoms. The first-order valence-electron chi connectivity index (χ1n) is 7.86. The van der Waals surface area contributed by atoms with Crippen LogP contribution in [0.1, 0.15) is 5.56 Å². The van der Waals surface area contributed by atoms with Crippen LogP contribution in [0.2, 0.25) is 0 Å². The second-order valence-corrected chi connectivity index (χ2v) is 6.12. The van der Waals surface area contributed by atoms with Crippen molar-refractivity contribution in [2.75, 3.05) is 19.0 Å². The molecule has 3 aromatic rings. The molecule has 0 saturated carbocycles. The highest BCUT2D eigenvalue weighted by Crippen LogP contribution is 2.35. The Morgan fingerprint density at radius 2 is 1.88 bits per heavy atom. The second-order valence-electron chi connectivity index (χ2n) is 5.73. The van der Waals surface area contributed by atoms with Gasteiger partial charge in [-0.15, -0.1) is 10.2 Å². The van der Waals surface area contributed by atoms with Gasteiger partial charge in [-0.1, -0.05) is 30.3 Å². The summed E-state index contributed by atoms with van der Waals surface area (Å²) in [5.41, 5.74) is 5.79. The lowest BCUT2D eigenvalue weighted by Gasteiger charge is -2.11. The minimum absolute atomic E-state index is 0.0535. The summed E-state index contributed by atoms with van der Waals surface area (Å²) in [7, 11) is 3.97. The average Bonchev–Trinajstić information content (AvgIpc) is 2.95. The zero-order chi connectivity index (χ0) is 18.5. The van der Waals surface area contributed by atoms with Crippen LogP contribution >= 0.6 is 12.2 Å². The number of aromatic amines is 1. The molecule has 0 radical (unpaired) electrons. The van der Waals surface area contributed by atoms with Crippen LogP contribution in [-0.2, 0) is 0 Å². The highest BCUT2D eigenvalue weighted by Gasteiger charge is 2.09. The number of nitrogens with one attached hydrogen (secondary N) is 2. The number of para-hydroxylation sites is 1. The van der Waals surface area contributed by atoms with Gasteiger partial charge in [0.15, 0.2) is 5.69 Å². The summed E-state index contributed by atoms with van der Waals surface area (Å²) in [5, 5.41) is 22.7. The maximum Gasteiger partial charge on any atom is 0.234 e. The van der Waals surface area contributed by atoms with E-state index in [0.717, 1.165) is 22.2 Å². The Hall–Kier alpha value is -3.26. The van der Waals surface area contributed by atoms with Gasteiger partial charge in [0.25, 0.3) is 0 Å². The summed E-state index contributed by atoms with van der Waals surface area (Å²) < 4.78 is 0. The number of fused-ring (bicyclic) bond motifs is 1. The molecule has 0 saturated heterocycles. The largest absolute Gasteiger partial charge is 0.493 e. The first kappa shape index (κ1) is 17.6. The Morgan fingerprint density at radius 3 is 2.62 bits per heavy atom. The number of rotatable bonds is 4. The van der Waals surface area contributed by atoms with Gasteiger partial charge in [0.2, 0.25) is 11.0 Å². The highest BCUT2D eigenvalue weighted by molar-refractivity contribution is 7.80. The van der Waals surface area contributed by atoms with Crippen molar-refractivity contribution in [1.82, 2.24) is 10.4 Å². The third kappa shape index (κ3) is 4.04. The van der Waals surface area contributed by atoms with Crippen LogP contribution in [0, 0.1) is 0 Å². The predicted molar refractivity (Wildman–Crippen MR) is 109 cm³/mol. The molecule has 0 bridgehead atoms. The van der Waals surface area contributed by atoms with Gasteiger partial charge < -0.3 is 15.0 Å². The van der Waals surface area contributed by atoms with Gasteiger partial charge in [-0.3, -0.25) is 5.43 Å². The van der Waals surface area contributed by atoms with Gasteiger partial charge in [0.05, 0.1) is 11.7 Å². The number of nitrogens with zero attached hydrogens (tertiary/aromatic N) is 4. The quantitative estimate of drug-likeness (QED) is 0.282. The molecule has 0 spiro atoms. The SMILES string of the molecule is CN(C)c1ccc(C=NNC(=S)N=Nc2c(O)[nH]c3ccccc23)cc1. The fraction of sp³-hybridized carbons (Fsp3) is 0.111. The normalized spacial score (nSPS) is 11.5. The maximum absolute atomic E-state index is 9.93. The molecule has 3 rings (SSSR count). The van der Waals surface area contributed by atoms with Crippen molar-refractivity contribution in [3.63, 3.8) is 0 Å². The molecule has 0 fully saturated rings. The van der Waals surface area contributed by atoms with Crippen molar-refractivity contribution in [2.24, 2.45) is 15.3 Å². The van der Waals surface area contributed by atoms with Gasteiger partial charge in [-0.2, -0.15) is 5.10 Å². The summed E-state index contributed by atoms with van der Waals surface area (Å²) in [5.74, 6) is -0.0535. The van der Waals surface area contributed by atoms with E-state index in [4.69, 9.17) is 12.2 Å². The van der Waals surface area contributed by atoms with E-state index in [-0.39, 0.29) is 11.0 Å². The summed E-state index contributed by atoms with van der Waals surface area (Å²) in [6.07, 6.45) is 1.64. The second kappa shape index (κ2) is 7.75. The van der Waals surface area contributed by atoms with Crippen molar-refractivity contribution in [2.45, 2.75) is 0 Å². The van der Waals surface area contributed by atoms with Gasteiger partial charge in [0.1, 0.15) is 0 Å². The Morgan fingerprint density at radius 1 is 1.15 bits per heavy atom. The molecule has 0 atom stereocenters. The van der Waals surface area contributed by atoms with Crippen LogP contribution in [0.3, 0.4) is 0 Å². The molecular formula is C18H18N6OS. The minimum Gasteiger partial charge on any atom is -0.493 e. The first-order valence-corrected chi connectivity index (χ1v) is 8.27. The number of aromatic hydroxyl groups is 1. The summed E-state index contributed by atoms with van der Waals surface area (Å²) in [6, 6.07) is 15.3. The van der Waals surface area contributed by atoms with E-state index < -0.39 is 0 Å². The van der Waals surface area contributed by atoms with E-state index in [0.29, 0.717) is 5.69 Å². The average molecular weight is 366 g/mol. The number of anilines is 1. The molecule has 0 amide bonds. The summed E-state index contributed by atoms with van der Waals surface area (Å²) in [6.45, 7) is 0. The van der Waals surface area contributed by atoms with E-state index in [1.165, 1.54) is 0 Å². The lowest BCUT2D eigenvalue weighted by atomic mass is 10.2. The standard InChI is InChI=1S/C18H18N6OS/c1-24(2)13-9-7-12(8-10-13)11-19-22-18(26)23-21-16-14-5-3-4-6-15(14)20-17(16)25/h3-11,20,25H,1-2H3,(H,22,26). The van der Waals surface area contributed by atoms with E-state index in [1.54, 1.807) is 6.21 Å². The van der Waals surface area contributed by atoms with E-state index >= 15 is 0 Å². The number of H-pyrrole nitrogens is 1. The minimum atomic E-state index is -0.0535. The van der Waals surface area contributed by atoms with Crippen LogP contribution in [0.15, 0.2) is 63.9 Å². The molecule has 0 unspecified atom stereocenters. The number of hydrazone groups is 1. The monoisotopic (exact) mass is 366 g/mol. The molecule has 8 heteroatoms. The molecule has 1 heterocycles. The fourth-order valence-electron chi connectivity index (χ4n) is 2.35. The predicted octanol–water partition coefficient (Wildman–Crippen LogP) is 3.93. The Bertz CT molecular complexity index is 975. The van der Waals surface area contributed by atoms with Gasteiger partial charge in [-0.05, 0) is 36.0 Å². The zero-order valence-electron chi connectivity index (χ0n) is 14.3. The lowest BCUT2D eigenvalue weighted by molar-refractivity contribution is 0.459. The number of aromatic nitrogens is 1. The number of hydrogen-bond donors (Lipinski definition) is 3. The number of azo groups is 1. The molecule has 2 aromatic carbocycles. The van der Waals surface area contributed by atoms with Crippen LogP contribution in [0.25, 0.3) is 10.9 Å². The topological polar surface area (TPSA) is 88.4 Å². The number of benzene rings is 2. The van der Waals surface area contributed by atoms with Crippen LogP contribution in [0.4, 0.5) is 11.4 Å². The summed E-state index contributed by atoms with van der Waals surface area (Å²) >= 11 is 5.08. The third-order valence-electron chi connectivity index (χ3n) is 3.68. The van der Waals surface area contributed by atoms with Crippen molar-refractivity contribution in [3.05, 3.63) is 54.1 Å². The van der Waals surface area contributed by atoms with Gasteiger partial charge in [-0.25, -0.2) is 0 Å². The van der Waals surface area contributed by atoms with E-state index in [1.807, 2.05) is 67.5 Å². The molecule has 0 aliphatic rings. The van der Waals surface area contributed by atoms with Crippen molar-refractivity contribution >= 4 is 45.8 Å². The third-order valence-corrected chi connectivity index (χ3v) is 3.86. The molecule has 132 valence electrons. The van der Waals surface area contributed by atoms with Crippen molar-refractivity contribution in [3.8, 4) is 5.88 Å². The molecule has 1 aromatic heterocycles. The first-order chi connectivity index (χ1) is 12.5. The molecular weight excluding hydrogens is 348 g/mol. The molecule has 7 nitrogen and oxygen atoms in total. The van der Waals surface area contributed by atoms with Gasteiger partial charge >= 0.3 is 0 Å². The Labute approximate surface area is 156 Å². The van der Waals surface area contributed by atoms with Crippen LogP contribution < -0.4 is 10.3 Å². The fourth-order valence-corrected chi connectivity index (χ4v) is 2.45. The van der Waals surface area contributed by atoms with Crippen molar-refractivity contribution < 1.29 is 5.11 Å². The van der Waals surface area contributed by atoms with E-state index in [9.17, 15) is 5.11 Å². The smallest absolute Gasteiger partial charge is 0.234 e. The maximum atomic E-state index is 9.93. The molecule has 3 N–H and O–H groups in total. The molecule has 0 aliphatic heterocycles. The van der Waals surface area contributed by atoms with Crippen LogP contribution in [-0.4, -0.2) is 35.5 Å². The Balaban J connectivity index is 1.63. The Kier molecular flexibility index (Phi) is 5.23. The van der Waals surface area contributed by atoms with Gasteiger partial charge in [0, 0.05) is 25.2 Å². The number of thiocarbonyl (C=S) groups is 1. The summed E-state index contributed by atoms with van der Waals surface area (Å²) in [4.78, 5) is 4.86. The highest BCUT2D eigenvalue weighted by atomic mass is 32.1.